The van der Waals surface area contributed by atoms with E-state index in [9.17, 15) is 0 Å². The van der Waals surface area contributed by atoms with Crippen molar-refractivity contribution in [3.63, 3.8) is 0 Å². The molecule has 0 aliphatic rings. The van der Waals surface area contributed by atoms with E-state index >= 15 is 0 Å². The van der Waals surface area contributed by atoms with E-state index in [1.165, 1.54) is 0 Å². The maximum Gasteiger partial charge on any atom is 0.132 e. The highest BCUT2D eigenvalue weighted by atomic mass is 35.5. The molecule has 0 saturated carbocycles. The van der Waals surface area contributed by atoms with E-state index in [1.54, 1.807) is 7.11 Å². The van der Waals surface area contributed by atoms with Crippen LogP contribution in [0.15, 0.2) is 0 Å². The van der Waals surface area contributed by atoms with Crippen molar-refractivity contribution in [1.82, 2.24) is 4.90 Å². The molecule has 0 aliphatic carbocycles. The Bertz CT molecular complexity index is 70.8. The van der Waals surface area contributed by atoms with Crippen molar-refractivity contribution < 1.29 is 4.74 Å². The largest absolute Gasteiger partial charge is 0.366 e. The fourth-order valence-corrected chi connectivity index (χ4v) is 0.575. The second kappa shape index (κ2) is 7.61. The number of halogens is 2. The SMILES string of the molecule is COC(Cl)CCN(C)C.Cl. The Balaban J connectivity index is 0. The third-order valence-corrected chi connectivity index (χ3v) is 1.46. The average Bonchev–Trinajstić information content (AvgIpc) is 1.83. The summed E-state index contributed by atoms with van der Waals surface area (Å²) in [6.07, 6.45) is 0.880. The first-order valence-corrected chi connectivity index (χ1v) is 3.42. The van der Waals surface area contributed by atoms with Crippen LogP contribution < -0.4 is 0 Å². The van der Waals surface area contributed by atoms with Gasteiger partial charge in [0.05, 0.1) is 0 Å². The zero-order chi connectivity index (χ0) is 7.28. The van der Waals surface area contributed by atoms with E-state index in [1.807, 2.05) is 14.1 Å². The van der Waals surface area contributed by atoms with Gasteiger partial charge in [0, 0.05) is 20.1 Å². The number of nitrogens with zero attached hydrogens (tertiary/aromatic N) is 1. The highest BCUT2D eigenvalue weighted by Crippen LogP contribution is 2.01. The topological polar surface area (TPSA) is 12.5 Å². The number of ether oxygens (including phenoxy) is 1. The monoisotopic (exact) mass is 187 g/mol. The van der Waals surface area contributed by atoms with Gasteiger partial charge >= 0.3 is 0 Å². The highest BCUT2D eigenvalue weighted by Gasteiger charge is 2.00. The van der Waals surface area contributed by atoms with Crippen molar-refractivity contribution in [2.45, 2.75) is 12.0 Å². The van der Waals surface area contributed by atoms with Gasteiger partial charge in [-0.1, -0.05) is 11.6 Å². The summed E-state index contributed by atoms with van der Waals surface area (Å²) in [5, 5.41) is 0. The molecule has 0 spiro atoms. The molecule has 10 heavy (non-hydrogen) atoms. The van der Waals surface area contributed by atoms with Crippen LogP contribution in [0.25, 0.3) is 0 Å². The summed E-state index contributed by atoms with van der Waals surface area (Å²) in [7, 11) is 5.64. The van der Waals surface area contributed by atoms with Gasteiger partial charge in [-0.25, -0.2) is 0 Å². The average molecular weight is 188 g/mol. The van der Waals surface area contributed by atoms with E-state index in [-0.39, 0.29) is 18.0 Å². The molecule has 2 nitrogen and oxygen atoms in total. The fraction of sp³-hybridized carbons (Fsp3) is 1.00. The summed E-state index contributed by atoms with van der Waals surface area (Å²) in [6, 6.07) is 0. The Kier molecular flexibility index (Phi) is 9.97. The molecule has 0 N–H and O–H groups in total. The minimum atomic E-state index is -0.132. The summed E-state index contributed by atoms with van der Waals surface area (Å²) < 4.78 is 4.84. The molecule has 64 valence electrons. The molecule has 4 heteroatoms. The number of methoxy groups -OCH3 is 1. The summed E-state index contributed by atoms with van der Waals surface area (Å²) in [5.74, 6) is 0. The molecule has 0 amide bonds. The first-order valence-electron chi connectivity index (χ1n) is 2.98. The number of hydrogen-bond acceptors (Lipinski definition) is 2. The summed E-state index contributed by atoms with van der Waals surface area (Å²) in [4.78, 5) is 2.08. The van der Waals surface area contributed by atoms with Gasteiger partial charge in [-0.3, -0.25) is 0 Å². The molecule has 0 aliphatic heterocycles. The van der Waals surface area contributed by atoms with Gasteiger partial charge in [-0.05, 0) is 14.1 Å². The van der Waals surface area contributed by atoms with Gasteiger partial charge in [0.25, 0.3) is 0 Å². The zero-order valence-electron chi connectivity index (χ0n) is 6.63. The number of hydrogen-bond donors (Lipinski definition) is 0. The van der Waals surface area contributed by atoms with Gasteiger partial charge in [-0.2, -0.15) is 0 Å². The Morgan fingerprint density at radius 1 is 1.50 bits per heavy atom. The lowest BCUT2D eigenvalue weighted by Gasteiger charge is -2.11. The minimum Gasteiger partial charge on any atom is -0.366 e. The van der Waals surface area contributed by atoms with Crippen LogP contribution in [-0.2, 0) is 4.74 Å². The Morgan fingerprint density at radius 3 is 2.30 bits per heavy atom. The predicted octanol–water partition coefficient (Wildman–Crippen LogP) is 1.57. The molecule has 0 saturated heterocycles. The zero-order valence-corrected chi connectivity index (χ0v) is 8.21. The third kappa shape index (κ3) is 8.50. The third-order valence-electron chi connectivity index (χ3n) is 1.06. The summed E-state index contributed by atoms with van der Waals surface area (Å²) in [6.45, 7) is 0.974. The van der Waals surface area contributed by atoms with Crippen LogP contribution in [0.4, 0.5) is 0 Å². The smallest absolute Gasteiger partial charge is 0.132 e. The predicted molar refractivity (Wildman–Crippen MR) is 47.1 cm³/mol. The van der Waals surface area contributed by atoms with E-state index < -0.39 is 0 Å². The molecular formula is C6H15Cl2NO. The molecule has 0 aromatic carbocycles. The lowest BCUT2D eigenvalue weighted by molar-refractivity contribution is 0.151. The maximum absolute atomic E-state index is 5.66. The van der Waals surface area contributed by atoms with Crippen molar-refractivity contribution >= 4 is 24.0 Å². The van der Waals surface area contributed by atoms with Gasteiger partial charge in [0.1, 0.15) is 5.56 Å². The van der Waals surface area contributed by atoms with Crippen LogP contribution in [0.3, 0.4) is 0 Å². The summed E-state index contributed by atoms with van der Waals surface area (Å²) >= 11 is 5.66. The van der Waals surface area contributed by atoms with Crippen molar-refractivity contribution in [1.29, 1.82) is 0 Å². The molecule has 0 bridgehead atoms. The van der Waals surface area contributed by atoms with Crippen LogP contribution in [0, 0.1) is 0 Å². The lowest BCUT2D eigenvalue weighted by atomic mass is 10.4. The number of rotatable bonds is 4. The second-order valence-electron chi connectivity index (χ2n) is 2.24. The highest BCUT2D eigenvalue weighted by molar-refractivity contribution is 6.19. The van der Waals surface area contributed by atoms with E-state index in [4.69, 9.17) is 16.3 Å². The maximum atomic E-state index is 5.66. The quantitative estimate of drug-likeness (QED) is 0.621. The van der Waals surface area contributed by atoms with Crippen molar-refractivity contribution in [3.05, 3.63) is 0 Å². The molecule has 0 rings (SSSR count). The van der Waals surface area contributed by atoms with E-state index in [0.717, 1.165) is 13.0 Å². The molecule has 0 aromatic heterocycles. The van der Waals surface area contributed by atoms with Crippen molar-refractivity contribution in [3.8, 4) is 0 Å². The minimum absolute atomic E-state index is 0. The summed E-state index contributed by atoms with van der Waals surface area (Å²) in [5.41, 5.74) is -0.132. The Hall–Kier alpha value is 0.500. The second-order valence-corrected chi connectivity index (χ2v) is 2.72. The van der Waals surface area contributed by atoms with Crippen molar-refractivity contribution in [2.75, 3.05) is 27.7 Å². The van der Waals surface area contributed by atoms with Crippen molar-refractivity contribution in [2.24, 2.45) is 0 Å². The lowest BCUT2D eigenvalue weighted by Crippen LogP contribution is -2.17. The molecule has 1 atom stereocenters. The van der Waals surface area contributed by atoms with Gasteiger partial charge in [0.15, 0.2) is 0 Å². The van der Waals surface area contributed by atoms with Crippen LogP contribution >= 0.6 is 24.0 Å². The van der Waals surface area contributed by atoms with Crippen LogP contribution in [0.1, 0.15) is 6.42 Å². The van der Waals surface area contributed by atoms with Gasteiger partial charge < -0.3 is 9.64 Å². The van der Waals surface area contributed by atoms with Gasteiger partial charge in [-0.15, -0.1) is 12.4 Å². The van der Waals surface area contributed by atoms with Crippen LogP contribution in [-0.4, -0.2) is 38.2 Å². The Labute approximate surface area is 73.9 Å². The van der Waals surface area contributed by atoms with E-state index in [0.29, 0.717) is 0 Å². The first kappa shape index (κ1) is 13.1. The molecule has 0 fully saturated rings. The van der Waals surface area contributed by atoms with Crippen LogP contribution in [0.2, 0.25) is 0 Å². The fourth-order valence-electron chi connectivity index (χ4n) is 0.478. The normalized spacial score (nSPS) is 12.9. The molecule has 0 heterocycles. The van der Waals surface area contributed by atoms with E-state index in [2.05, 4.69) is 4.90 Å². The first-order chi connectivity index (χ1) is 4.16. The van der Waals surface area contributed by atoms with Crippen LogP contribution in [0.5, 0.6) is 0 Å². The van der Waals surface area contributed by atoms with Gasteiger partial charge in [0.2, 0.25) is 0 Å². The molecule has 0 radical (unpaired) electrons. The molecular weight excluding hydrogens is 173 g/mol. The Morgan fingerprint density at radius 2 is 2.00 bits per heavy atom. The molecule has 1 unspecified atom stereocenters. The standard InChI is InChI=1S/C6H14ClNO.ClH/c1-8(2)5-4-6(7)9-3;/h6H,4-5H2,1-3H3;1H. The molecule has 0 aromatic rings. The number of alkyl halides is 1.